The van der Waals surface area contributed by atoms with Crippen molar-refractivity contribution in [2.75, 3.05) is 0 Å². The Kier molecular flexibility index (Phi) is 5.80. The Balaban J connectivity index is 0.00000240. The van der Waals surface area contributed by atoms with Crippen molar-refractivity contribution in [1.29, 1.82) is 0 Å². The molecular weight excluding hydrogens is 403 g/mol. The van der Waals surface area contributed by atoms with Crippen molar-refractivity contribution in [1.82, 2.24) is 0 Å². The minimum Gasteiger partial charge on any atom is -0.456 e. The minimum atomic E-state index is -4.33. The van der Waals surface area contributed by atoms with Gasteiger partial charge in [-0.3, -0.25) is 14.1 Å². The van der Waals surface area contributed by atoms with Gasteiger partial charge in [0.05, 0.1) is 10.5 Å². The van der Waals surface area contributed by atoms with E-state index in [0.29, 0.717) is 22.4 Å². The van der Waals surface area contributed by atoms with Crippen molar-refractivity contribution < 1.29 is 27.3 Å². The first kappa shape index (κ1) is 21.4. The first-order chi connectivity index (χ1) is 13.3. The van der Waals surface area contributed by atoms with Crippen LogP contribution in [0.4, 0.5) is 0 Å². The van der Waals surface area contributed by atoms with Crippen LogP contribution < -0.4 is 4.74 Å². The smallest absolute Gasteiger partial charge is 0.294 e. The summed E-state index contributed by atoms with van der Waals surface area (Å²) in [6.07, 6.45) is 0. The van der Waals surface area contributed by atoms with E-state index >= 15 is 0 Å². The van der Waals surface area contributed by atoms with Crippen molar-refractivity contribution in [3.8, 4) is 11.5 Å². The monoisotopic (exact) mass is 417 g/mol. The van der Waals surface area contributed by atoms with Gasteiger partial charge in [-0.15, -0.1) is 0 Å². The van der Waals surface area contributed by atoms with Crippen LogP contribution >= 0.6 is 0 Å². The molecule has 0 saturated heterocycles. The van der Waals surface area contributed by atoms with Gasteiger partial charge in [-0.2, -0.15) is 8.42 Å². The zero-order valence-electron chi connectivity index (χ0n) is 15.7. The van der Waals surface area contributed by atoms with E-state index < -0.39 is 10.1 Å². The summed E-state index contributed by atoms with van der Waals surface area (Å²) < 4.78 is 37.6. The van der Waals surface area contributed by atoms with E-state index in [9.17, 15) is 18.0 Å². The Labute approximate surface area is 189 Å². The van der Waals surface area contributed by atoms with Crippen LogP contribution in [-0.2, 0) is 10.1 Å². The van der Waals surface area contributed by atoms with E-state index in [1.165, 1.54) is 18.2 Å². The summed E-state index contributed by atoms with van der Waals surface area (Å²) in [4.78, 5) is 25.5. The molecule has 1 aliphatic carbocycles. The molecule has 0 amide bonds. The van der Waals surface area contributed by atoms with Gasteiger partial charge in [0.2, 0.25) is 0 Å². The molecule has 0 heterocycles. The van der Waals surface area contributed by atoms with Crippen LogP contribution in [0.15, 0.2) is 65.6 Å². The maximum atomic E-state index is 13.0. The number of ketones is 2. The molecular formula is C21H14NaO6S. The SMILES string of the molecule is Cc1cc(S(=O)(=O)O)ccc1Oc1cccc2c1C(=O)c1ccccc1C2=O.[Na]. The average molecular weight is 417 g/mol. The fourth-order valence-electron chi connectivity index (χ4n) is 3.21. The van der Waals surface area contributed by atoms with E-state index in [0.717, 1.165) is 0 Å². The number of benzene rings is 3. The molecule has 4 rings (SSSR count). The van der Waals surface area contributed by atoms with Crippen LogP contribution in [-0.4, -0.2) is 54.1 Å². The molecule has 29 heavy (non-hydrogen) atoms. The zero-order chi connectivity index (χ0) is 20.1. The van der Waals surface area contributed by atoms with E-state index in [4.69, 9.17) is 9.29 Å². The molecule has 0 spiro atoms. The van der Waals surface area contributed by atoms with Crippen molar-refractivity contribution in [3.63, 3.8) is 0 Å². The maximum Gasteiger partial charge on any atom is 0.294 e. The molecule has 1 radical (unpaired) electrons. The zero-order valence-corrected chi connectivity index (χ0v) is 18.5. The van der Waals surface area contributed by atoms with E-state index in [2.05, 4.69) is 0 Å². The second-order valence-electron chi connectivity index (χ2n) is 6.39. The van der Waals surface area contributed by atoms with Crippen LogP contribution in [0.25, 0.3) is 0 Å². The van der Waals surface area contributed by atoms with Gasteiger partial charge in [0.1, 0.15) is 11.5 Å². The molecule has 0 atom stereocenters. The molecule has 3 aromatic rings. The Hall–Kier alpha value is -2.29. The molecule has 1 N–H and O–H groups in total. The Morgan fingerprint density at radius 3 is 2.03 bits per heavy atom. The first-order valence-corrected chi connectivity index (χ1v) is 9.79. The largest absolute Gasteiger partial charge is 0.456 e. The quantitative estimate of drug-likeness (QED) is 0.405. The number of fused-ring (bicyclic) bond motifs is 2. The summed E-state index contributed by atoms with van der Waals surface area (Å²) in [7, 11) is -4.33. The third-order valence-corrected chi connectivity index (χ3v) is 5.43. The molecule has 0 bridgehead atoms. The fraction of sp³-hybridized carbons (Fsp3) is 0.0476. The summed E-state index contributed by atoms with van der Waals surface area (Å²) in [6.45, 7) is 1.61. The summed E-state index contributed by atoms with van der Waals surface area (Å²) in [6, 6.07) is 15.2. The van der Waals surface area contributed by atoms with E-state index in [-0.39, 0.29) is 62.9 Å². The number of carbonyl (C=O) groups excluding carboxylic acids is 2. The van der Waals surface area contributed by atoms with Gasteiger partial charge in [0, 0.05) is 46.2 Å². The third-order valence-electron chi connectivity index (χ3n) is 4.58. The van der Waals surface area contributed by atoms with Crippen LogP contribution in [0.3, 0.4) is 0 Å². The molecule has 0 aliphatic heterocycles. The average Bonchev–Trinajstić information content (AvgIpc) is 2.67. The predicted molar refractivity (Wildman–Crippen MR) is 107 cm³/mol. The standard InChI is InChI=1S/C21H14O6S.Na/c1-12-11-13(28(24,25)26)9-10-17(12)27-18-8-4-7-16-19(18)21(23)15-6-3-2-5-14(15)20(16)22;/h2-11H,1H3,(H,24,25,26);. The molecule has 0 fully saturated rings. The third kappa shape index (κ3) is 3.80. The van der Waals surface area contributed by atoms with Crippen molar-refractivity contribution in [2.24, 2.45) is 0 Å². The molecule has 6 nitrogen and oxygen atoms in total. The number of hydrogen-bond acceptors (Lipinski definition) is 5. The van der Waals surface area contributed by atoms with Gasteiger partial charge >= 0.3 is 0 Å². The summed E-state index contributed by atoms with van der Waals surface area (Å²) in [5, 5.41) is 0. The fourth-order valence-corrected chi connectivity index (χ4v) is 3.78. The van der Waals surface area contributed by atoms with Gasteiger partial charge in [-0.1, -0.05) is 36.4 Å². The van der Waals surface area contributed by atoms with Gasteiger partial charge in [-0.05, 0) is 36.8 Å². The normalized spacial score (nSPS) is 12.6. The van der Waals surface area contributed by atoms with Gasteiger partial charge in [0.15, 0.2) is 11.6 Å². The van der Waals surface area contributed by atoms with Crippen molar-refractivity contribution >= 4 is 51.2 Å². The molecule has 8 heteroatoms. The molecule has 3 aromatic carbocycles. The number of ether oxygens (including phenoxy) is 1. The molecule has 0 aromatic heterocycles. The van der Waals surface area contributed by atoms with Crippen LogP contribution in [0.1, 0.15) is 37.4 Å². The van der Waals surface area contributed by atoms with E-state index in [1.807, 2.05) is 0 Å². The summed E-state index contributed by atoms with van der Waals surface area (Å²) >= 11 is 0. The van der Waals surface area contributed by atoms with Crippen LogP contribution in [0.2, 0.25) is 0 Å². The summed E-state index contributed by atoms with van der Waals surface area (Å²) in [5.41, 5.74) is 1.54. The van der Waals surface area contributed by atoms with Gasteiger partial charge in [-0.25, -0.2) is 0 Å². The maximum absolute atomic E-state index is 13.0. The summed E-state index contributed by atoms with van der Waals surface area (Å²) in [5.74, 6) is -0.0601. The van der Waals surface area contributed by atoms with E-state index in [1.54, 1.807) is 49.4 Å². The number of rotatable bonds is 3. The number of hydrogen-bond donors (Lipinski definition) is 1. The number of carbonyl (C=O) groups is 2. The Morgan fingerprint density at radius 1 is 0.793 bits per heavy atom. The second-order valence-corrected chi connectivity index (χ2v) is 7.81. The minimum absolute atomic E-state index is 0. The Morgan fingerprint density at radius 2 is 1.41 bits per heavy atom. The molecule has 1 aliphatic rings. The second kappa shape index (κ2) is 7.85. The first-order valence-electron chi connectivity index (χ1n) is 8.35. The van der Waals surface area contributed by atoms with Crippen LogP contribution in [0.5, 0.6) is 11.5 Å². The molecule has 0 saturated carbocycles. The topological polar surface area (TPSA) is 97.7 Å². The molecule has 0 unspecified atom stereocenters. The van der Waals surface area contributed by atoms with Gasteiger partial charge in [0.25, 0.3) is 10.1 Å². The molecule has 141 valence electrons. The Bertz CT molecular complexity index is 1260. The van der Waals surface area contributed by atoms with Crippen molar-refractivity contribution in [2.45, 2.75) is 11.8 Å². The number of aryl methyl sites for hydroxylation is 1. The predicted octanol–water partition coefficient (Wildman–Crippen LogP) is 3.43. The van der Waals surface area contributed by atoms with Crippen LogP contribution in [0, 0.1) is 6.92 Å². The van der Waals surface area contributed by atoms with Crippen molar-refractivity contribution in [3.05, 3.63) is 88.5 Å². The van der Waals surface area contributed by atoms with Gasteiger partial charge < -0.3 is 4.74 Å².